The summed E-state index contributed by atoms with van der Waals surface area (Å²) < 4.78 is 16.6. The van der Waals surface area contributed by atoms with Crippen LogP contribution in [0.25, 0.3) is 10.9 Å². The van der Waals surface area contributed by atoms with Crippen molar-refractivity contribution in [2.75, 3.05) is 24.5 Å². The normalized spacial score (nSPS) is 25.7. The lowest BCUT2D eigenvalue weighted by atomic mass is 9.94. The molecule has 2 saturated heterocycles. The summed E-state index contributed by atoms with van der Waals surface area (Å²) in [6.07, 6.45) is 6.95. The van der Waals surface area contributed by atoms with E-state index < -0.39 is 0 Å². The molecule has 2 fully saturated rings. The van der Waals surface area contributed by atoms with Gasteiger partial charge in [-0.1, -0.05) is 6.07 Å². The van der Waals surface area contributed by atoms with E-state index in [0.717, 1.165) is 49.4 Å². The van der Waals surface area contributed by atoms with Crippen LogP contribution in [-0.4, -0.2) is 40.1 Å². The molecule has 6 heterocycles. The van der Waals surface area contributed by atoms with Gasteiger partial charge in [0.25, 0.3) is 0 Å². The third-order valence-corrected chi connectivity index (χ3v) is 7.53. The van der Waals surface area contributed by atoms with Crippen molar-refractivity contribution < 1.29 is 4.39 Å². The van der Waals surface area contributed by atoms with Crippen LogP contribution in [0.4, 0.5) is 10.2 Å². The second-order valence-electron chi connectivity index (χ2n) is 9.37. The molecule has 7 rings (SSSR count). The van der Waals surface area contributed by atoms with Gasteiger partial charge in [-0.2, -0.15) is 0 Å². The fraction of sp³-hybridized carbons (Fsp3) is 0.480. The Kier molecular flexibility index (Phi) is 4.34. The van der Waals surface area contributed by atoms with Crippen molar-refractivity contribution in [2.45, 2.75) is 57.7 Å². The molecule has 0 saturated carbocycles. The minimum Gasteiger partial charge on any atom is -0.354 e. The van der Waals surface area contributed by atoms with Crippen LogP contribution >= 0.6 is 0 Å². The number of fused-ring (bicyclic) bond motifs is 3. The van der Waals surface area contributed by atoms with Gasteiger partial charge < -0.3 is 9.47 Å². The van der Waals surface area contributed by atoms with Gasteiger partial charge in [0.05, 0.1) is 0 Å². The van der Waals surface area contributed by atoms with E-state index in [-0.39, 0.29) is 5.82 Å². The van der Waals surface area contributed by atoms with Crippen molar-refractivity contribution >= 4 is 16.7 Å². The Bertz CT molecular complexity index is 1080. The van der Waals surface area contributed by atoms with Crippen LogP contribution in [0.15, 0.2) is 36.5 Å². The molecule has 156 valence electrons. The number of rotatable bonds is 3. The first-order valence-corrected chi connectivity index (χ1v) is 11.4. The number of nitrogens with zero attached hydrogens (tertiary/aromatic N) is 4. The van der Waals surface area contributed by atoms with Crippen LogP contribution in [0.3, 0.4) is 0 Å². The second-order valence-corrected chi connectivity index (χ2v) is 9.37. The number of benzene rings is 1. The van der Waals surface area contributed by atoms with Gasteiger partial charge in [0.2, 0.25) is 0 Å². The molecular formula is C25H29FN4. The first-order valence-electron chi connectivity index (χ1n) is 11.4. The Hall–Kier alpha value is -2.40. The minimum absolute atomic E-state index is 0.139. The van der Waals surface area contributed by atoms with E-state index in [1.807, 2.05) is 12.3 Å². The summed E-state index contributed by atoms with van der Waals surface area (Å²) >= 11 is 0. The maximum Gasteiger partial charge on any atom is 0.128 e. The zero-order chi connectivity index (χ0) is 20.2. The molecule has 4 nitrogen and oxygen atoms in total. The van der Waals surface area contributed by atoms with E-state index in [0.29, 0.717) is 12.0 Å². The molecule has 0 radical (unpaired) electrons. The number of piperidine rings is 1. The van der Waals surface area contributed by atoms with Gasteiger partial charge >= 0.3 is 0 Å². The fourth-order valence-electron chi connectivity index (χ4n) is 5.94. The maximum absolute atomic E-state index is 14.1. The Labute approximate surface area is 177 Å². The average molecular weight is 405 g/mol. The quantitative estimate of drug-likeness (QED) is 0.620. The van der Waals surface area contributed by atoms with E-state index in [1.165, 1.54) is 42.5 Å². The van der Waals surface area contributed by atoms with Crippen LogP contribution in [0, 0.1) is 5.82 Å². The number of halogens is 1. The molecule has 1 aromatic carbocycles. The molecule has 0 spiro atoms. The Morgan fingerprint density at radius 2 is 1.93 bits per heavy atom. The largest absolute Gasteiger partial charge is 0.354 e. The Morgan fingerprint density at radius 1 is 1.07 bits per heavy atom. The van der Waals surface area contributed by atoms with Gasteiger partial charge in [0, 0.05) is 54.4 Å². The lowest BCUT2D eigenvalue weighted by molar-refractivity contribution is 0.219. The Balaban J connectivity index is 1.40. The van der Waals surface area contributed by atoms with Crippen LogP contribution < -0.4 is 4.90 Å². The molecular weight excluding hydrogens is 375 g/mol. The zero-order valence-corrected chi connectivity index (χ0v) is 17.6. The predicted molar refractivity (Wildman–Crippen MR) is 119 cm³/mol. The summed E-state index contributed by atoms with van der Waals surface area (Å²) in [6, 6.07) is 10.3. The molecule has 0 N–H and O–H groups in total. The summed E-state index contributed by atoms with van der Waals surface area (Å²) in [6.45, 7) is 7.45. The molecule has 2 bridgehead atoms. The van der Waals surface area contributed by atoms with E-state index >= 15 is 0 Å². The van der Waals surface area contributed by atoms with Crippen molar-refractivity contribution in [3.8, 4) is 0 Å². The van der Waals surface area contributed by atoms with E-state index in [9.17, 15) is 4.39 Å². The van der Waals surface area contributed by atoms with E-state index in [1.54, 1.807) is 12.1 Å². The van der Waals surface area contributed by atoms with Crippen LogP contribution in [-0.2, 0) is 13.1 Å². The Morgan fingerprint density at radius 3 is 2.67 bits per heavy atom. The lowest BCUT2D eigenvalue weighted by Crippen LogP contribution is -2.29. The summed E-state index contributed by atoms with van der Waals surface area (Å²) in [7, 11) is 0. The van der Waals surface area contributed by atoms with Gasteiger partial charge in [0.15, 0.2) is 0 Å². The highest BCUT2D eigenvalue weighted by Gasteiger charge is 2.32. The molecule has 4 aliphatic heterocycles. The first-order chi connectivity index (χ1) is 14.7. The monoisotopic (exact) mass is 404 g/mol. The highest BCUT2D eigenvalue weighted by molar-refractivity contribution is 5.86. The molecule has 0 amide bonds. The average Bonchev–Trinajstić information content (AvgIpc) is 3.18. The van der Waals surface area contributed by atoms with Crippen LogP contribution in [0.5, 0.6) is 0 Å². The van der Waals surface area contributed by atoms with Crippen LogP contribution in [0.1, 0.15) is 55.3 Å². The van der Waals surface area contributed by atoms with Gasteiger partial charge in [-0.3, -0.25) is 4.90 Å². The third kappa shape index (κ3) is 2.94. The maximum atomic E-state index is 14.1. The summed E-state index contributed by atoms with van der Waals surface area (Å²) in [5, 5.41) is 1.10. The van der Waals surface area contributed by atoms with Crippen molar-refractivity contribution in [2.24, 2.45) is 0 Å². The van der Waals surface area contributed by atoms with Crippen molar-refractivity contribution in [1.82, 2.24) is 14.5 Å². The van der Waals surface area contributed by atoms with Gasteiger partial charge in [-0.25, -0.2) is 9.37 Å². The van der Waals surface area contributed by atoms with Gasteiger partial charge in [0.1, 0.15) is 11.6 Å². The predicted octanol–water partition coefficient (Wildman–Crippen LogP) is 4.91. The smallest absolute Gasteiger partial charge is 0.128 e. The highest BCUT2D eigenvalue weighted by Crippen LogP contribution is 2.41. The summed E-state index contributed by atoms with van der Waals surface area (Å²) in [5.74, 6) is 1.53. The molecule has 5 heteroatoms. The summed E-state index contributed by atoms with van der Waals surface area (Å²) in [5.41, 5.74) is 5.16. The van der Waals surface area contributed by atoms with Crippen molar-refractivity contribution in [3.63, 3.8) is 0 Å². The third-order valence-electron chi connectivity index (χ3n) is 7.53. The molecule has 3 aromatic rings. The summed E-state index contributed by atoms with van der Waals surface area (Å²) in [4.78, 5) is 9.75. The van der Waals surface area contributed by atoms with Gasteiger partial charge in [-0.05, 0) is 81.1 Å². The van der Waals surface area contributed by atoms with Gasteiger partial charge in [-0.15, -0.1) is 0 Å². The molecule has 1 atom stereocenters. The number of aromatic nitrogens is 2. The molecule has 30 heavy (non-hydrogen) atoms. The molecule has 2 aromatic heterocycles. The number of anilines is 1. The fourth-order valence-corrected chi connectivity index (χ4v) is 5.94. The lowest BCUT2D eigenvalue weighted by Gasteiger charge is -2.28. The molecule has 0 aliphatic carbocycles. The second kappa shape index (κ2) is 7.09. The molecule has 1 unspecified atom stereocenters. The highest BCUT2D eigenvalue weighted by atomic mass is 19.1. The minimum atomic E-state index is -0.139. The van der Waals surface area contributed by atoms with E-state index in [2.05, 4.69) is 33.4 Å². The number of hydrogen-bond donors (Lipinski definition) is 0. The first kappa shape index (κ1) is 18.4. The van der Waals surface area contributed by atoms with Crippen molar-refractivity contribution in [3.05, 3.63) is 59.2 Å². The number of hydrogen-bond acceptors (Lipinski definition) is 3. The standard InChI is InChI=1S/C25H29FN4/c1-17-3-2-10-29(17)24-7-4-18(14-27-24)15-30-23-6-5-20(26)13-21(23)22-16-28-11-8-19(9-12-28)25(22)30/h4-7,13-14,17,19H,2-3,8-12,15-16H2,1H3. The number of pyridine rings is 1. The molecule has 4 aliphatic rings. The zero-order valence-electron chi connectivity index (χ0n) is 17.6. The van der Waals surface area contributed by atoms with E-state index in [4.69, 9.17) is 4.98 Å². The SMILES string of the molecule is CC1CCCN1c1ccc(Cn2c3c(c4cc(F)ccc42)CN2CCC3CC2)cn1. The van der Waals surface area contributed by atoms with Crippen molar-refractivity contribution in [1.29, 1.82) is 0 Å². The topological polar surface area (TPSA) is 24.3 Å². The van der Waals surface area contributed by atoms with Crippen LogP contribution in [0.2, 0.25) is 0 Å².